The van der Waals surface area contributed by atoms with E-state index in [2.05, 4.69) is 5.10 Å². The number of nitrogens with two attached hydrogens (primary N) is 2. The Hall–Kier alpha value is -1.52. The molecule has 13 heavy (non-hydrogen) atoms. The number of ether oxygens (including phenoxy) is 1. The normalized spacial score (nSPS) is 28.5. The number of hydrazone groups is 1. The Balaban J connectivity index is 2.87. The molecular weight excluding hydrogens is 173 g/mol. The van der Waals surface area contributed by atoms with Gasteiger partial charge < -0.3 is 16.3 Å². The largest absolute Gasteiger partial charge is 0.501 e. The minimum atomic E-state index is -1.81. The van der Waals surface area contributed by atoms with Crippen LogP contribution in [0.5, 0.6) is 0 Å². The zero-order chi connectivity index (χ0) is 9.90. The lowest BCUT2D eigenvalue weighted by atomic mass is 9.95. The lowest BCUT2D eigenvalue weighted by molar-refractivity contribution is 0.222. The Morgan fingerprint density at radius 1 is 1.77 bits per heavy atom. The summed E-state index contributed by atoms with van der Waals surface area (Å²) in [4.78, 5) is 0. The Morgan fingerprint density at radius 2 is 2.46 bits per heavy atom. The second kappa shape index (κ2) is 3.47. The van der Waals surface area contributed by atoms with Gasteiger partial charge in [-0.15, -0.1) is 0 Å². The van der Waals surface area contributed by atoms with Gasteiger partial charge in [0.05, 0.1) is 19.3 Å². The molecule has 1 aliphatic carbocycles. The number of hydrogen-bond donors (Lipinski definition) is 2. The van der Waals surface area contributed by atoms with Gasteiger partial charge in [-0.05, 0) is 12.2 Å². The van der Waals surface area contributed by atoms with Crippen LogP contribution in [0.2, 0.25) is 0 Å². The van der Waals surface area contributed by atoms with Crippen LogP contribution in [0, 0.1) is 0 Å². The van der Waals surface area contributed by atoms with Crippen molar-refractivity contribution in [3.05, 3.63) is 24.0 Å². The molecule has 0 saturated carbocycles. The first-order valence-corrected chi connectivity index (χ1v) is 3.77. The summed E-state index contributed by atoms with van der Waals surface area (Å²) in [6, 6.07) is 0. The van der Waals surface area contributed by atoms with Crippen LogP contribution < -0.4 is 11.6 Å². The van der Waals surface area contributed by atoms with Gasteiger partial charge in [-0.25, -0.2) is 4.39 Å². The van der Waals surface area contributed by atoms with Crippen molar-refractivity contribution in [2.75, 3.05) is 7.11 Å². The first-order valence-electron chi connectivity index (χ1n) is 3.77. The van der Waals surface area contributed by atoms with Crippen LogP contribution in [0.25, 0.3) is 0 Å². The lowest BCUT2D eigenvalue weighted by Gasteiger charge is -2.23. The fourth-order valence-electron chi connectivity index (χ4n) is 1.10. The molecule has 5 heteroatoms. The van der Waals surface area contributed by atoms with Gasteiger partial charge in [-0.3, -0.25) is 0 Å². The summed E-state index contributed by atoms with van der Waals surface area (Å²) >= 11 is 0. The molecule has 1 atom stereocenters. The topological polar surface area (TPSA) is 73.6 Å². The Labute approximate surface area is 75.7 Å². The third kappa shape index (κ3) is 1.80. The molecule has 0 fully saturated rings. The van der Waals surface area contributed by atoms with E-state index in [0.29, 0.717) is 5.76 Å². The van der Waals surface area contributed by atoms with Crippen molar-refractivity contribution in [2.24, 2.45) is 16.7 Å². The van der Waals surface area contributed by atoms with Gasteiger partial charge in [0.1, 0.15) is 0 Å². The molecule has 4 nitrogen and oxygen atoms in total. The van der Waals surface area contributed by atoms with Crippen LogP contribution in [0.4, 0.5) is 4.39 Å². The van der Waals surface area contributed by atoms with Crippen LogP contribution in [0.1, 0.15) is 6.42 Å². The number of rotatable bonds is 2. The highest BCUT2D eigenvalue weighted by molar-refractivity contribution is 5.91. The Morgan fingerprint density at radius 3 is 3.00 bits per heavy atom. The third-order valence-electron chi connectivity index (χ3n) is 1.90. The highest BCUT2D eigenvalue weighted by Gasteiger charge is 2.34. The molecule has 0 spiro atoms. The van der Waals surface area contributed by atoms with Crippen LogP contribution in [0.15, 0.2) is 29.1 Å². The first-order chi connectivity index (χ1) is 6.12. The van der Waals surface area contributed by atoms with Crippen molar-refractivity contribution in [3.8, 4) is 0 Å². The van der Waals surface area contributed by atoms with Gasteiger partial charge in [0.25, 0.3) is 0 Å². The molecule has 4 N–H and O–H groups in total. The zero-order valence-corrected chi connectivity index (χ0v) is 7.33. The Bertz CT molecular complexity index is 285. The average Bonchev–Trinajstić information content (AvgIpc) is 2.16. The van der Waals surface area contributed by atoms with Gasteiger partial charge in [-0.2, -0.15) is 5.10 Å². The van der Waals surface area contributed by atoms with E-state index in [1.165, 1.54) is 19.3 Å². The van der Waals surface area contributed by atoms with Crippen molar-refractivity contribution >= 4 is 5.84 Å². The predicted octanol–water partition coefficient (Wildman–Crippen LogP) is 0.416. The molecule has 72 valence electrons. The van der Waals surface area contributed by atoms with Crippen molar-refractivity contribution in [1.82, 2.24) is 0 Å². The minimum absolute atomic E-state index is 0.0343. The van der Waals surface area contributed by atoms with Gasteiger partial charge in [-0.1, -0.05) is 6.08 Å². The summed E-state index contributed by atoms with van der Waals surface area (Å²) in [7, 11) is 1.47. The number of allylic oxidation sites excluding steroid dienone is 3. The van der Waals surface area contributed by atoms with Crippen LogP contribution in [0.3, 0.4) is 0 Å². The van der Waals surface area contributed by atoms with Gasteiger partial charge in [0.2, 0.25) is 0 Å². The van der Waals surface area contributed by atoms with Crippen LogP contribution in [-0.4, -0.2) is 18.6 Å². The van der Waals surface area contributed by atoms with E-state index in [1.54, 1.807) is 6.08 Å². The van der Waals surface area contributed by atoms with Crippen LogP contribution in [-0.2, 0) is 4.74 Å². The molecule has 0 radical (unpaired) electrons. The monoisotopic (exact) mass is 185 g/mol. The van der Waals surface area contributed by atoms with Crippen molar-refractivity contribution in [3.63, 3.8) is 0 Å². The minimum Gasteiger partial charge on any atom is -0.501 e. The quantitative estimate of drug-likeness (QED) is 0.283. The lowest BCUT2D eigenvalue weighted by Crippen LogP contribution is -2.40. The highest BCUT2D eigenvalue weighted by atomic mass is 19.1. The van der Waals surface area contributed by atoms with E-state index in [-0.39, 0.29) is 12.3 Å². The molecule has 0 aliphatic heterocycles. The second-order valence-electron chi connectivity index (χ2n) is 2.75. The van der Waals surface area contributed by atoms with E-state index >= 15 is 0 Å². The number of methoxy groups -OCH3 is 1. The maximum atomic E-state index is 13.9. The standard InChI is InChI=1S/C8H12FN3O/c1-13-6-3-2-4-8(9,5-6)7(10)12-11/h2-4H,5,11H2,1H3,(H2,10,12). The molecular formula is C8H12FN3O. The van der Waals surface area contributed by atoms with Crippen molar-refractivity contribution in [2.45, 2.75) is 12.1 Å². The smallest absolute Gasteiger partial charge is 0.194 e. The molecule has 1 rings (SSSR count). The van der Waals surface area contributed by atoms with Crippen molar-refractivity contribution in [1.29, 1.82) is 0 Å². The van der Waals surface area contributed by atoms with E-state index in [0.717, 1.165) is 0 Å². The summed E-state index contributed by atoms with van der Waals surface area (Å²) in [5.41, 5.74) is 3.50. The number of amidine groups is 1. The fourth-order valence-corrected chi connectivity index (χ4v) is 1.10. The number of nitrogens with zero attached hydrogens (tertiary/aromatic N) is 1. The summed E-state index contributed by atoms with van der Waals surface area (Å²) in [5, 5.41) is 3.14. The fraction of sp³-hybridized carbons (Fsp3) is 0.375. The molecule has 0 aromatic heterocycles. The summed E-state index contributed by atoms with van der Waals surface area (Å²) in [6.45, 7) is 0. The summed E-state index contributed by atoms with van der Waals surface area (Å²) in [5.74, 6) is 5.17. The van der Waals surface area contributed by atoms with Crippen molar-refractivity contribution < 1.29 is 9.13 Å². The number of alkyl halides is 1. The summed E-state index contributed by atoms with van der Waals surface area (Å²) < 4.78 is 18.8. The van der Waals surface area contributed by atoms with Gasteiger partial charge >= 0.3 is 0 Å². The average molecular weight is 185 g/mol. The van der Waals surface area contributed by atoms with Gasteiger partial charge in [0, 0.05) is 0 Å². The molecule has 1 aliphatic rings. The maximum Gasteiger partial charge on any atom is 0.194 e. The van der Waals surface area contributed by atoms with Gasteiger partial charge in [0.15, 0.2) is 11.5 Å². The Kier molecular flexibility index (Phi) is 2.55. The summed E-state index contributed by atoms with van der Waals surface area (Å²) in [6.07, 6.45) is 4.54. The molecule has 1 unspecified atom stereocenters. The molecule has 0 bridgehead atoms. The van der Waals surface area contributed by atoms with Crippen LogP contribution >= 0.6 is 0 Å². The maximum absolute atomic E-state index is 13.9. The molecule has 0 amide bonds. The highest BCUT2D eigenvalue weighted by Crippen LogP contribution is 2.27. The predicted molar refractivity (Wildman–Crippen MR) is 48.5 cm³/mol. The molecule has 0 aromatic carbocycles. The molecule has 0 aromatic rings. The first kappa shape index (κ1) is 9.57. The second-order valence-corrected chi connectivity index (χ2v) is 2.75. The van der Waals surface area contributed by atoms with E-state index in [4.69, 9.17) is 16.3 Å². The van der Waals surface area contributed by atoms with E-state index < -0.39 is 5.67 Å². The number of hydrogen-bond acceptors (Lipinski definition) is 3. The zero-order valence-electron chi connectivity index (χ0n) is 7.33. The number of halogens is 1. The molecule has 0 heterocycles. The van der Waals surface area contributed by atoms with E-state index in [9.17, 15) is 4.39 Å². The SMILES string of the molecule is COC1=CC=CC(F)(C(N)=NN)C1. The molecule has 0 saturated heterocycles. The third-order valence-corrected chi connectivity index (χ3v) is 1.90. The van der Waals surface area contributed by atoms with E-state index in [1.807, 2.05) is 0 Å².